The van der Waals surface area contributed by atoms with E-state index in [4.69, 9.17) is 0 Å². The Balaban J connectivity index is 4.88. The third kappa shape index (κ3) is 5.70. The average Bonchev–Trinajstić information content (AvgIpc) is 2.10. The fraction of sp³-hybridized carbons (Fsp3) is 0.812. The third-order valence-electron chi connectivity index (χ3n) is 3.55. The number of carboxylic acids is 1. The summed E-state index contributed by atoms with van der Waals surface area (Å²) in [5.41, 5.74) is 0.805. The minimum Gasteiger partial charge on any atom is -0.481 e. The lowest BCUT2D eigenvalue weighted by atomic mass is 9.71. The quantitative estimate of drug-likeness (QED) is 0.709. The lowest BCUT2D eigenvalue weighted by molar-refractivity contribution is -0.148. The van der Waals surface area contributed by atoms with E-state index in [9.17, 15) is 9.90 Å². The Morgan fingerprint density at radius 1 is 1.00 bits per heavy atom. The van der Waals surface area contributed by atoms with Crippen molar-refractivity contribution in [1.29, 1.82) is 0 Å². The van der Waals surface area contributed by atoms with Gasteiger partial charge in [-0.3, -0.25) is 4.79 Å². The zero-order valence-electron chi connectivity index (χ0n) is 13.3. The Kier molecular flexibility index (Phi) is 5.22. The molecule has 0 aliphatic heterocycles. The fourth-order valence-electron chi connectivity index (χ4n) is 2.06. The van der Waals surface area contributed by atoms with Crippen LogP contribution >= 0.6 is 0 Å². The van der Waals surface area contributed by atoms with Crippen LogP contribution in [-0.4, -0.2) is 11.1 Å². The molecule has 0 bridgehead atoms. The van der Waals surface area contributed by atoms with Gasteiger partial charge in [-0.05, 0) is 44.4 Å². The van der Waals surface area contributed by atoms with Gasteiger partial charge >= 0.3 is 5.97 Å². The molecule has 18 heavy (non-hydrogen) atoms. The summed E-state index contributed by atoms with van der Waals surface area (Å²) >= 11 is 0. The second-order valence-electron chi connectivity index (χ2n) is 7.90. The zero-order chi connectivity index (χ0) is 14.8. The molecule has 0 heterocycles. The lowest BCUT2D eigenvalue weighted by Gasteiger charge is -2.33. The van der Waals surface area contributed by atoms with Crippen LogP contribution in [0.1, 0.15) is 68.2 Å². The molecule has 0 saturated carbocycles. The van der Waals surface area contributed by atoms with Crippen LogP contribution in [0.15, 0.2) is 11.6 Å². The highest BCUT2D eigenvalue weighted by Crippen LogP contribution is 2.39. The predicted octanol–water partition coefficient (Wildman–Crippen LogP) is 4.90. The van der Waals surface area contributed by atoms with Gasteiger partial charge in [-0.1, -0.05) is 46.3 Å². The molecule has 0 unspecified atom stereocenters. The first-order valence-electron chi connectivity index (χ1n) is 6.69. The number of rotatable bonds is 5. The first-order valence-corrected chi connectivity index (χ1v) is 6.69. The number of hydrogen-bond acceptors (Lipinski definition) is 1. The van der Waals surface area contributed by atoms with Crippen LogP contribution in [0.5, 0.6) is 0 Å². The molecule has 0 aromatic heterocycles. The predicted molar refractivity (Wildman–Crippen MR) is 77.6 cm³/mol. The molecular weight excluding hydrogens is 224 g/mol. The Morgan fingerprint density at radius 2 is 1.44 bits per heavy atom. The maximum atomic E-state index is 11.2. The Hall–Kier alpha value is -0.790. The van der Waals surface area contributed by atoms with E-state index in [0.29, 0.717) is 6.42 Å². The van der Waals surface area contributed by atoms with E-state index in [-0.39, 0.29) is 10.8 Å². The number of allylic oxidation sites excluding steroid dienone is 2. The largest absolute Gasteiger partial charge is 0.481 e. The van der Waals surface area contributed by atoms with Crippen molar-refractivity contribution in [3.63, 3.8) is 0 Å². The maximum absolute atomic E-state index is 11.2. The molecule has 0 fully saturated rings. The summed E-state index contributed by atoms with van der Waals surface area (Å²) in [4.78, 5) is 11.2. The summed E-state index contributed by atoms with van der Waals surface area (Å²) in [6, 6.07) is 0. The highest BCUT2D eigenvalue weighted by molar-refractivity contribution is 5.73. The molecule has 0 rings (SSSR count). The van der Waals surface area contributed by atoms with Crippen molar-refractivity contribution in [2.75, 3.05) is 0 Å². The van der Waals surface area contributed by atoms with Crippen LogP contribution < -0.4 is 0 Å². The van der Waals surface area contributed by atoms with Crippen molar-refractivity contribution in [2.24, 2.45) is 16.2 Å². The van der Waals surface area contributed by atoms with Crippen LogP contribution in [-0.2, 0) is 4.79 Å². The molecule has 0 amide bonds. The molecular formula is C16H30O2. The van der Waals surface area contributed by atoms with E-state index in [1.807, 2.05) is 0 Å². The topological polar surface area (TPSA) is 37.3 Å². The van der Waals surface area contributed by atoms with Crippen molar-refractivity contribution in [1.82, 2.24) is 0 Å². The minimum atomic E-state index is -0.723. The molecule has 1 N–H and O–H groups in total. The Bertz CT molecular complexity index is 327. The first kappa shape index (κ1) is 17.2. The fourth-order valence-corrected chi connectivity index (χ4v) is 2.06. The van der Waals surface area contributed by atoms with E-state index < -0.39 is 11.4 Å². The second-order valence-corrected chi connectivity index (χ2v) is 7.90. The second kappa shape index (κ2) is 5.46. The molecule has 0 saturated heterocycles. The smallest absolute Gasteiger partial charge is 0.309 e. The van der Waals surface area contributed by atoms with Gasteiger partial charge in [0.05, 0.1) is 5.41 Å². The monoisotopic (exact) mass is 254 g/mol. The summed E-state index contributed by atoms with van der Waals surface area (Å²) in [6.07, 6.45) is 3.94. The van der Waals surface area contributed by atoms with E-state index in [1.165, 1.54) is 5.57 Å². The number of carbonyl (C=O) groups is 1. The van der Waals surface area contributed by atoms with Crippen molar-refractivity contribution in [3.8, 4) is 0 Å². The Morgan fingerprint density at radius 3 is 1.78 bits per heavy atom. The van der Waals surface area contributed by atoms with Gasteiger partial charge in [-0.2, -0.15) is 0 Å². The number of hydrogen-bond donors (Lipinski definition) is 1. The summed E-state index contributed by atoms with van der Waals surface area (Å²) in [6.45, 7) is 16.6. The Labute approximate surface area is 112 Å². The number of aliphatic carboxylic acids is 1. The maximum Gasteiger partial charge on any atom is 0.309 e. The normalized spacial score (nSPS) is 14.8. The summed E-state index contributed by atoms with van der Waals surface area (Å²) in [7, 11) is 0. The summed E-state index contributed by atoms with van der Waals surface area (Å²) in [5.74, 6) is -0.723. The van der Waals surface area contributed by atoms with E-state index >= 15 is 0 Å². The first-order chi connectivity index (χ1) is 7.78. The minimum absolute atomic E-state index is 0.0762. The van der Waals surface area contributed by atoms with Gasteiger partial charge in [0.2, 0.25) is 0 Å². The van der Waals surface area contributed by atoms with Crippen LogP contribution in [0.25, 0.3) is 0 Å². The van der Waals surface area contributed by atoms with Gasteiger partial charge in [0.1, 0.15) is 0 Å². The molecule has 0 atom stereocenters. The van der Waals surface area contributed by atoms with Crippen molar-refractivity contribution in [3.05, 3.63) is 11.6 Å². The lowest BCUT2D eigenvalue weighted by Crippen LogP contribution is -2.31. The number of carboxylic acid groups (broad SMARTS) is 1. The SMILES string of the molecule is C/C(=C/CC(C)(C)C)C(C)(C)CC(C)(C)C(=O)O. The molecule has 0 aliphatic carbocycles. The highest BCUT2D eigenvalue weighted by atomic mass is 16.4. The van der Waals surface area contributed by atoms with Gasteiger partial charge in [0.25, 0.3) is 0 Å². The van der Waals surface area contributed by atoms with Crippen molar-refractivity contribution in [2.45, 2.75) is 68.2 Å². The summed E-state index contributed by atoms with van der Waals surface area (Å²) in [5, 5.41) is 9.23. The van der Waals surface area contributed by atoms with Crippen LogP contribution in [0.2, 0.25) is 0 Å². The summed E-state index contributed by atoms with van der Waals surface area (Å²) < 4.78 is 0. The average molecular weight is 254 g/mol. The van der Waals surface area contributed by atoms with E-state index in [0.717, 1.165) is 6.42 Å². The van der Waals surface area contributed by atoms with Gasteiger partial charge in [0.15, 0.2) is 0 Å². The van der Waals surface area contributed by atoms with Gasteiger partial charge < -0.3 is 5.11 Å². The molecule has 2 nitrogen and oxygen atoms in total. The highest BCUT2D eigenvalue weighted by Gasteiger charge is 2.35. The molecule has 0 aliphatic rings. The van der Waals surface area contributed by atoms with Gasteiger partial charge in [-0.15, -0.1) is 0 Å². The van der Waals surface area contributed by atoms with Gasteiger partial charge in [0, 0.05) is 0 Å². The van der Waals surface area contributed by atoms with Crippen molar-refractivity contribution < 1.29 is 9.90 Å². The van der Waals surface area contributed by atoms with Crippen LogP contribution in [0, 0.1) is 16.2 Å². The van der Waals surface area contributed by atoms with Crippen LogP contribution in [0.3, 0.4) is 0 Å². The third-order valence-corrected chi connectivity index (χ3v) is 3.55. The zero-order valence-corrected chi connectivity index (χ0v) is 13.3. The molecule has 0 radical (unpaired) electrons. The van der Waals surface area contributed by atoms with Crippen LogP contribution in [0.4, 0.5) is 0 Å². The molecule has 2 heteroatoms. The molecule has 0 aromatic rings. The molecule has 106 valence electrons. The van der Waals surface area contributed by atoms with E-state index in [2.05, 4.69) is 47.6 Å². The molecule has 0 spiro atoms. The standard InChI is InChI=1S/C16H30O2/c1-12(9-10-14(2,3)4)15(5,6)11-16(7,8)13(17)18/h9H,10-11H2,1-8H3,(H,17,18)/b12-9-. The van der Waals surface area contributed by atoms with E-state index in [1.54, 1.807) is 13.8 Å². The molecule has 0 aromatic carbocycles. The van der Waals surface area contributed by atoms with Crippen molar-refractivity contribution >= 4 is 5.97 Å². The van der Waals surface area contributed by atoms with Gasteiger partial charge in [-0.25, -0.2) is 0 Å².